The van der Waals surface area contributed by atoms with Crippen LogP contribution in [0.1, 0.15) is 18.1 Å². The molecule has 1 aromatic rings. The van der Waals surface area contributed by atoms with E-state index in [1.807, 2.05) is 11.6 Å². The van der Waals surface area contributed by atoms with E-state index in [4.69, 9.17) is 5.11 Å². The van der Waals surface area contributed by atoms with Crippen molar-refractivity contribution in [2.24, 2.45) is 0 Å². The first-order chi connectivity index (χ1) is 8.65. The minimum Gasteiger partial charge on any atom is -0.480 e. The first-order valence-corrected chi connectivity index (χ1v) is 7.14. The Bertz CT molecular complexity index is 580. The van der Waals surface area contributed by atoms with Gasteiger partial charge in [-0.05, 0) is 44.0 Å². The highest BCUT2D eigenvalue weighted by Crippen LogP contribution is 2.15. The molecule has 3 N–H and O–H groups in total. The lowest BCUT2D eigenvalue weighted by atomic mass is 10.1. The smallest absolute Gasteiger partial charge is 0.324 e. The van der Waals surface area contributed by atoms with Crippen molar-refractivity contribution in [2.45, 2.75) is 37.8 Å². The summed E-state index contributed by atoms with van der Waals surface area (Å²) in [5, 5.41) is 18.1. The van der Waals surface area contributed by atoms with Crippen molar-refractivity contribution in [1.82, 2.24) is 4.72 Å². The van der Waals surface area contributed by atoms with Crippen LogP contribution in [0.2, 0.25) is 0 Å². The molecule has 0 aliphatic heterocycles. The fraction of sp³-hybridized carbons (Fsp3) is 0.417. The van der Waals surface area contributed by atoms with Crippen LogP contribution in [0.4, 0.5) is 0 Å². The second-order valence-electron chi connectivity index (χ2n) is 4.42. The molecule has 0 aliphatic carbocycles. The fourth-order valence-corrected chi connectivity index (χ4v) is 2.82. The zero-order valence-electron chi connectivity index (χ0n) is 10.9. The number of sulfonamides is 1. The largest absolute Gasteiger partial charge is 0.480 e. The van der Waals surface area contributed by atoms with E-state index in [-0.39, 0.29) is 4.90 Å². The number of aliphatic carboxylic acids is 1. The normalized spacial score (nSPS) is 14.9. The molecule has 19 heavy (non-hydrogen) atoms. The lowest BCUT2D eigenvalue weighted by Crippen LogP contribution is -2.47. The molecule has 0 spiro atoms. The maximum atomic E-state index is 12.0. The molecule has 7 heteroatoms. The summed E-state index contributed by atoms with van der Waals surface area (Å²) < 4.78 is 26.0. The van der Waals surface area contributed by atoms with Crippen LogP contribution in [-0.4, -0.2) is 36.7 Å². The number of rotatable bonds is 5. The van der Waals surface area contributed by atoms with Gasteiger partial charge in [0, 0.05) is 0 Å². The van der Waals surface area contributed by atoms with Crippen LogP contribution in [0.5, 0.6) is 0 Å². The van der Waals surface area contributed by atoms with E-state index >= 15 is 0 Å². The third kappa shape index (κ3) is 3.76. The lowest BCUT2D eigenvalue weighted by Gasteiger charge is -2.17. The van der Waals surface area contributed by atoms with Gasteiger partial charge in [0.05, 0.1) is 11.0 Å². The summed E-state index contributed by atoms with van der Waals surface area (Å²) in [7, 11) is -3.98. The van der Waals surface area contributed by atoms with Gasteiger partial charge in [0.15, 0.2) is 0 Å². The predicted octanol–water partition coefficient (Wildman–Crippen LogP) is 0.416. The Labute approximate surface area is 112 Å². The third-order valence-corrected chi connectivity index (χ3v) is 4.26. The van der Waals surface area contributed by atoms with Gasteiger partial charge in [-0.2, -0.15) is 4.72 Å². The summed E-state index contributed by atoms with van der Waals surface area (Å²) in [6, 6.07) is 2.92. The topological polar surface area (TPSA) is 104 Å². The first-order valence-electron chi connectivity index (χ1n) is 5.65. The van der Waals surface area contributed by atoms with Crippen LogP contribution < -0.4 is 4.72 Å². The van der Waals surface area contributed by atoms with Gasteiger partial charge in [-0.3, -0.25) is 4.79 Å². The molecule has 2 unspecified atom stereocenters. The number of carbonyl (C=O) groups is 1. The molecule has 1 rings (SSSR count). The van der Waals surface area contributed by atoms with Crippen molar-refractivity contribution in [3.63, 3.8) is 0 Å². The number of aliphatic hydroxyl groups excluding tert-OH is 1. The molecule has 0 fully saturated rings. The number of carboxylic acids is 1. The lowest BCUT2D eigenvalue weighted by molar-refractivity contribution is -0.141. The van der Waals surface area contributed by atoms with Crippen molar-refractivity contribution in [3.05, 3.63) is 29.3 Å². The summed E-state index contributed by atoms with van der Waals surface area (Å²) in [5.41, 5.74) is 1.72. The second kappa shape index (κ2) is 5.68. The van der Waals surface area contributed by atoms with Crippen LogP contribution in [0.15, 0.2) is 23.1 Å². The van der Waals surface area contributed by atoms with Crippen LogP contribution in [0.25, 0.3) is 0 Å². The maximum absolute atomic E-state index is 12.0. The first kappa shape index (κ1) is 15.6. The Morgan fingerprint density at radius 2 is 1.84 bits per heavy atom. The standard InChI is InChI=1S/C12H17NO5S/c1-7-4-5-10(6-8(7)2)19(17,18)13-11(9(3)14)12(15)16/h4-6,9,11,13-14H,1-3H3,(H,15,16). The molecule has 0 aliphatic rings. The number of hydrogen-bond acceptors (Lipinski definition) is 4. The molecule has 0 saturated heterocycles. The Morgan fingerprint density at radius 3 is 2.26 bits per heavy atom. The molecule has 106 valence electrons. The highest BCUT2D eigenvalue weighted by Gasteiger charge is 2.29. The highest BCUT2D eigenvalue weighted by molar-refractivity contribution is 7.89. The van der Waals surface area contributed by atoms with Gasteiger partial charge in [0.1, 0.15) is 6.04 Å². The van der Waals surface area contributed by atoms with E-state index < -0.39 is 28.1 Å². The van der Waals surface area contributed by atoms with E-state index in [0.717, 1.165) is 11.1 Å². The zero-order valence-corrected chi connectivity index (χ0v) is 11.7. The predicted molar refractivity (Wildman–Crippen MR) is 69.3 cm³/mol. The van der Waals surface area contributed by atoms with Gasteiger partial charge >= 0.3 is 5.97 Å². The van der Waals surface area contributed by atoms with Crippen molar-refractivity contribution >= 4 is 16.0 Å². The van der Waals surface area contributed by atoms with Crippen molar-refractivity contribution in [2.75, 3.05) is 0 Å². The molecule has 2 atom stereocenters. The average molecular weight is 287 g/mol. The number of aryl methyl sites for hydroxylation is 2. The van der Waals surface area contributed by atoms with E-state index in [0.29, 0.717) is 0 Å². The number of carboxylic acid groups (broad SMARTS) is 1. The molecule has 0 amide bonds. The van der Waals surface area contributed by atoms with Gasteiger partial charge in [0.25, 0.3) is 0 Å². The fourth-order valence-electron chi connectivity index (χ4n) is 1.47. The zero-order chi connectivity index (χ0) is 14.8. The van der Waals surface area contributed by atoms with Gasteiger partial charge in [-0.25, -0.2) is 8.42 Å². The summed E-state index contributed by atoms with van der Waals surface area (Å²) in [4.78, 5) is 10.9. The third-order valence-electron chi connectivity index (χ3n) is 2.82. The maximum Gasteiger partial charge on any atom is 0.324 e. The summed E-state index contributed by atoms with van der Waals surface area (Å²) >= 11 is 0. The average Bonchev–Trinajstić information content (AvgIpc) is 2.28. The molecule has 0 saturated carbocycles. The summed E-state index contributed by atoms with van der Waals surface area (Å²) in [6.45, 7) is 4.81. The Balaban J connectivity index is 3.10. The molecule has 0 radical (unpaired) electrons. The van der Waals surface area contributed by atoms with Crippen molar-refractivity contribution in [3.8, 4) is 0 Å². The van der Waals surface area contributed by atoms with E-state index in [2.05, 4.69) is 0 Å². The van der Waals surface area contributed by atoms with Crippen LogP contribution in [0, 0.1) is 13.8 Å². The van der Waals surface area contributed by atoms with Gasteiger partial charge in [0.2, 0.25) is 10.0 Å². The van der Waals surface area contributed by atoms with E-state index in [9.17, 15) is 18.3 Å². The van der Waals surface area contributed by atoms with E-state index in [1.54, 1.807) is 13.0 Å². The molecule has 0 heterocycles. The molecule has 1 aromatic carbocycles. The summed E-state index contributed by atoms with van der Waals surface area (Å²) in [5.74, 6) is -1.43. The monoisotopic (exact) mass is 287 g/mol. The number of aliphatic hydroxyl groups is 1. The number of hydrogen-bond donors (Lipinski definition) is 3. The Morgan fingerprint density at radius 1 is 1.26 bits per heavy atom. The van der Waals surface area contributed by atoms with Gasteiger partial charge < -0.3 is 10.2 Å². The molecular weight excluding hydrogens is 270 g/mol. The second-order valence-corrected chi connectivity index (χ2v) is 6.14. The van der Waals surface area contributed by atoms with Crippen LogP contribution in [-0.2, 0) is 14.8 Å². The SMILES string of the molecule is Cc1ccc(S(=O)(=O)NC(C(=O)O)C(C)O)cc1C. The van der Waals surface area contributed by atoms with Crippen LogP contribution in [0.3, 0.4) is 0 Å². The molecule has 0 aromatic heterocycles. The van der Waals surface area contributed by atoms with Crippen molar-refractivity contribution < 1.29 is 23.4 Å². The van der Waals surface area contributed by atoms with Gasteiger partial charge in [-0.15, -0.1) is 0 Å². The van der Waals surface area contributed by atoms with E-state index in [1.165, 1.54) is 19.1 Å². The Hall–Kier alpha value is -1.44. The Kier molecular flexibility index (Phi) is 4.67. The number of nitrogens with one attached hydrogen (secondary N) is 1. The quantitative estimate of drug-likeness (QED) is 0.728. The summed E-state index contributed by atoms with van der Waals surface area (Å²) in [6.07, 6.45) is -1.33. The van der Waals surface area contributed by atoms with Crippen molar-refractivity contribution in [1.29, 1.82) is 0 Å². The molecule has 0 bridgehead atoms. The van der Waals surface area contributed by atoms with Crippen LogP contribution >= 0.6 is 0 Å². The minimum absolute atomic E-state index is 0.0255. The number of benzene rings is 1. The molecule has 6 nitrogen and oxygen atoms in total. The molecular formula is C12H17NO5S. The van der Waals surface area contributed by atoms with Gasteiger partial charge in [-0.1, -0.05) is 6.07 Å². The highest BCUT2D eigenvalue weighted by atomic mass is 32.2. The minimum atomic E-state index is -3.98.